The van der Waals surface area contributed by atoms with Gasteiger partial charge >= 0.3 is 5.97 Å². The van der Waals surface area contributed by atoms with E-state index in [1.54, 1.807) is 0 Å². The Bertz CT molecular complexity index is 433. The fourth-order valence-corrected chi connectivity index (χ4v) is 2.81. The summed E-state index contributed by atoms with van der Waals surface area (Å²) in [4.78, 5) is 13.3. The van der Waals surface area contributed by atoms with Crippen LogP contribution < -0.4 is 4.90 Å². The first-order valence-electron chi connectivity index (χ1n) is 5.91. The van der Waals surface area contributed by atoms with Gasteiger partial charge in [-0.3, -0.25) is 0 Å². The van der Waals surface area contributed by atoms with Crippen molar-refractivity contribution in [2.75, 3.05) is 11.4 Å². The van der Waals surface area contributed by atoms with E-state index < -0.39 is 5.97 Å². The third-order valence-corrected chi connectivity index (χ3v) is 3.69. The third kappa shape index (κ3) is 2.46. The van der Waals surface area contributed by atoms with Gasteiger partial charge in [-0.15, -0.1) is 0 Å². The van der Waals surface area contributed by atoms with Crippen LogP contribution in [0.25, 0.3) is 0 Å². The number of fused-ring (bicyclic) bond motifs is 1. The van der Waals surface area contributed by atoms with Crippen LogP contribution in [0.5, 0.6) is 0 Å². The molecule has 92 valence electrons. The number of carboxylic acids is 1. The maximum Gasteiger partial charge on any atom is 0.326 e. The van der Waals surface area contributed by atoms with Crippen molar-refractivity contribution in [1.82, 2.24) is 0 Å². The molecule has 2 rings (SSSR count). The van der Waals surface area contributed by atoms with Gasteiger partial charge in [-0.25, -0.2) is 4.79 Å². The zero-order valence-corrected chi connectivity index (χ0v) is 11.4. The fourth-order valence-electron chi connectivity index (χ4n) is 2.41. The van der Waals surface area contributed by atoms with E-state index in [9.17, 15) is 9.90 Å². The average molecular weight is 298 g/mol. The van der Waals surface area contributed by atoms with Crippen molar-refractivity contribution in [3.8, 4) is 0 Å². The van der Waals surface area contributed by atoms with Crippen molar-refractivity contribution >= 4 is 27.6 Å². The molecule has 1 aromatic carbocycles. The van der Waals surface area contributed by atoms with E-state index in [1.165, 1.54) is 5.56 Å². The summed E-state index contributed by atoms with van der Waals surface area (Å²) in [7, 11) is 0. The Morgan fingerprint density at radius 2 is 2.35 bits per heavy atom. The molecule has 0 aliphatic carbocycles. The minimum absolute atomic E-state index is 0.387. The number of halogens is 1. The monoisotopic (exact) mass is 297 g/mol. The van der Waals surface area contributed by atoms with Crippen LogP contribution in [0.3, 0.4) is 0 Å². The molecule has 0 spiro atoms. The standard InChI is InChI=1S/C13H16BrNO2/c1-2-3-12(13(16)17)15-7-6-9-8-10(14)4-5-11(9)15/h4-5,8,12H,2-3,6-7H2,1H3,(H,16,17). The fraction of sp³-hybridized carbons (Fsp3) is 0.462. The van der Waals surface area contributed by atoms with Gasteiger partial charge in [0.25, 0.3) is 0 Å². The zero-order chi connectivity index (χ0) is 12.4. The molecule has 1 aromatic rings. The highest BCUT2D eigenvalue weighted by Crippen LogP contribution is 2.32. The highest BCUT2D eigenvalue weighted by Gasteiger charge is 2.30. The Morgan fingerprint density at radius 1 is 1.59 bits per heavy atom. The van der Waals surface area contributed by atoms with Crippen LogP contribution in [0.4, 0.5) is 5.69 Å². The molecular formula is C13H16BrNO2. The first-order valence-corrected chi connectivity index (χ1v) is 6.70. The van der Waals surface area contributed by atoms with E-state index in [1.807, 2.05) is 24.0 Å². The molecule has 0 amide bonds. The topological polar surface area (TPSA) is 40.5 Å². The minimum Gasteiger partial charge on any atom is -0.480 e. The molecule has 17 heavy (non-hydrogen) atoms. The number of carboxylic acid groups (broad SMARTS) is 1. The number of nitrogens with zero attached hydrogens (tertiary/aromatic N) is 1. The summed E-state index contributed by atoms with van der Waals surface area (Å²) >= 11 is 3.45. The maximum absolute atomic E-state index is 11.3. The summed E-state index contributed by atoms with van der Waals surface area (Å²) in [5.41, 5.74) is 2.32. The van der Waals surface area contributed by atoms with Crippen molar-refractivity contribution in [2.45, 2.75) is 32.2 Å². The Kier molecular flexibility index (Phi) is 3.72. The summed E-state index contributed by atoms with van der Waals surface area (Å²) in [6, 6.07) is 5.68. The van der Waals surface area contributed by atoms with Gasteiger partial charge in [-0.2, -0.15) is 0 Å². The summed E-state index contributed by atoms with van der Waals surface area (Å²) < 4.78 is 1.06. The Morgan fingerprint density at radius 3 is 3.00 bits per heavy atom. The number of hydrogen-bond donors (Lipinski definition) is 1. The van der Waals surface area contributed by atoms with Crippen LogP contribution >= 0.6 is 15.9 Å². The lowest BCUT2D eigenvalue weighted by Gasteiger charge is -2.26. The molecule has 1 aliphatic heterocycles. The van der Waals surface area contributed by atoms with Crippen molar-refractivity contribution in [2.24, 2.45) is 0 Å². The third-order valence-electron chi connectivity index (χ3n) is 3.20. The molecule has 3 nitrogen and oxygen atoms in total. The highest BCUT2D eigenvalue weighted by molar-refractivity contribution is 9.10. The number of aliphatic carboxylic acids is 1. The summed E-state index contributed by atoms with van der Waals surface area (Å²) in [5, 5.41) is 9.29. The zero-order valence-electron chi connectivity index (χ0n) is 9.82. The lowest BCUT2D eigenvalue weighted by Crippen LogP contribution is -2.40. The normalized spacial score (nSPS) is 15.8. The molecule has 1 atom stereocenters. The predicted molar refractivity (Wildman–Crippen MR) is 71.5 cm³/mol. The van der Waals surface area contributed by atoms with Gasteiger partial charge in [0.05, 0.1) is 0 Å². The van der Waals surface area contributed by atoms with Crippen molar-refractivity contribution in [1.29, 1.82) is 0 Å². The second kappa shape index (κ2) is 5.08. The summed E-state index contributed by atoms with van der Waals surface area (Å²) in [6.07, 6.45) is 2.52. The van der Waals surface area contributed by atoms with E-state index >= 15 is 0 Å². The van der Waals surface area contributed by atoms with E-state index in [-0.39, 0.29) is 6.04 Å². The van der Waals surface area contributed by atoms with Gasteiger partial charge in [0.15, 0.2) is 0 Å². The van der Waals surface area contributed by atoms with Crippen LogP contribution in [0.2, 0.25) is 0 Å². The Balaban J connectivity index is 2.28. The molecule has 0 bridgehead atoms. The number of benzene rings is 1. The van der Waals surface area contributed by atoms with Gasteiger partial charge in [0.1, 0.15) is 6.04 Å². The Hall–Kier alpha value is -1.03. The van der Waals surface area contributed by atoms with Crippen molar-refractivity contribution < 1.29 is 9.90 Å². The molecule has 4 heteroatoms. The average Bonchev–Trinajstić information content (AvgIpc) is 2.68. The van der Waals surface area contributed by atoms with Crippen molar-refractivity contribution in [3.05, 3.63) is 28.2 Å². The maximum atomic E-state index is 11.3. The summed E-state index contributed by atoms with van der Waals surface area (Å²) in [6.45, 7) is 2.83. The number of hydrogen-bond acceptors (Lipinski definition) is 2. The van der Waals surface area contributed by atoms with Gasteiger partial charge in [0, 0.05) is 16.7 Å². The van der Waals surface area contributed by atoms with E-state index in [4.69, 9.17) is 0 Å². The van der Waals surface area contributed by atoms with Crippen molar-refractivity contribution in [3.63, 3.8) is 0 Å². The van der Waals surface area contributed by atoms with Crippen LogP contribution in [0.15, 0.2) is 22.7 Å². The van der Waals surface area contributed by atoms with E-state index in [2.05, 4.69) is 22.0 Å². The molecule has 1 unspecified atom stereocenters. The van der Waals surface area contributed by atoms with E-state index in [0.29, 0.717) is 6.42 Å². The second-order valence-electron chi connectivity index (χ2n) is 4.36. The number of anilines is 1. The van der Waals surface area contributed by atoms with Crippen LogP contribution in [-0.4, -0.2) is 23.7 Å². The molecule has 0 fully saturated rings. The number of rotatable bonds is 4. The molecule has 0 radical (unpaired) electrons. The van der Waals surface area contributed by atoms with Crippen LogP contribution in [0, 0.1) is 0 Å². The smallest absolute Gasteiger partial charge is 0.326 e. The van der Waals surface area contributed by atoms with Gasteiger partial charge in [0.2, 0.25) is 0 Å². The van der Waals surface area contributed by atoms with Crippen LogP contribution in [0.1, 0.15) is 25.3 Å². The predicted octanol–water partition coefficient (Wildman–Crippen LogP) is 3.06. The van der Waals surface area contributed by atoms with Gasteiger partial charge in [-0.05, 0) is 36.6 Å². The second-order valence-corrected chi connectivity index (χ2v) is 5.27. The molecule has 0 saturated carbocycles. The molecule has 0 aromatic heterocycles. The molecule has 1 aliphatic rings. The lowest BCUT2D eigenvalue weighted by atomic mass is 10.1. The van der Waals surface area contributed by atoms with Crippen LogP contribution in [-0.2, 0) is 11.2 Å². The SMILES string of the molecule is CCCC(C(=O)O)N1CCc2cc(Br)ccc21. The van der Waals surface area contributed by atoms with Gasteiger partial charge in [-0.1, -0.05) is 29.3 Å². The first-order chi connectivity index (χ1) is 8.13. The molecule has 0 saturated heterocycles. The lowest BCUT2D eigenvalue weighted by molar-refractivity contribution is -0.138. The molecule has 1 heterocycles. The Labute approximate surface area is 110 Å². The first kappa shape index (κ1) is 12.4. The quantitative estimate of drug-likeness (QED) is 0.928. The molecule has 1 N–H and O–H groups in total. The highest BCUT2D eigenvalue weighted by atomic mass is 79.9. The largest absolute Gasteiger partial charge is 0.480 e. The molecular weight excluding hydrogens is 282 g/mol. The number of carbonyl (C=O) groups is 1. The van der Waals surface area contributed by atoms with E-state index in [0.717, 1.165) is 29.5 Å². The van der Waals surface area contributed by atoms with Gasteiger partial charge < -0.3 is 10.0 Å². The summed E-state index contributed by atoms with van der Waals surface area (Å²) in [5.74, 6) is -0.720. The minimum atomic E-state index is -0.720.